The molecule has 1 aliphatic heterocycles. The molecule has 4 aromatic rings. The summed E-state index contributed by atoms with van der Waals surface area (Å²) >= 11 is 6.14. The Morgan fingerprint density at radius 3 is 2.47 bits per heavy atom. The van der Waals surface area contributed by atoms with Crippen molar-refractivity contribution in [1.82, 2.24) is 14.8 Å². The Morgan fingerprint density at radius 2 is 1.76 bits per heavy atom. The van der Waals surface area contributed by atoms with Gasteiger partial charge in [0.15, 0.2) is 0 Å². The standard InChI is InChI=1S/C29H29ClN4O3S/c1-20-17-22(18-26(30)29(20)35)19-33-13-15-34(16-14-33)21(2)23-8-10-25(11-9-23)32-38(36,37)27-7-3-5-24-6-4-12-31-28(24)27/h3-12,17-18,32,35H,2,13-16,19H2,1H3. The summed E-state index contributed by atoms with van der Waals surface area (Å²) in [7, 11) is -3.81. The number of rotatable bonds is 7. The topological polar surface area (TPSA) is 85.8 Å². The average Bonchev–Trinajstić information content (AvgIpc) is 2.91. The van der Waals surface area contributed by atoms with Gasteiger partial charge in [0.2, 0.25) is 0 Å². The smallest absolute Gasteiger partial charge is 0.264 e. The van der Waals surface area contributed by atoms with Gasteiger partial charge in [0, 0.05) is 55.7 Å². The molecule has 9 heteroatoms. The number of benzene rings is 3. The van der Waals surface area contributed by atoms with Gasteiger partial charge in [-0.1, -0.05) is 54.6 Å². The second-order valence-electron chi connectivity index (χ2n) is 9.47. The molecule has 1 saturated heterocycles. The third-order valence-electron chi connectivity index (χ3n) is 6.83. The van der Waals surface area contributed by atoms with Gasteiger partial charge in [-0.15, -0.1) is 0 Å². The van der Waals surface area contributed by atoms with Gasteiger partial charge in [0.1, 0.15) is 10.6 Å². The maximum Gasteiger partial charge on any atom is 0.264 e. The third-order valence-corrected chi connectivity index (χ3v) is 8.53. The Kier molecular flexibility index (Phi) is 7.29. The number of phenolic OH excluding ortho intramolecular Hbond substituents is 1. The minimum atomic E-state index is -3.81. The highest BCUT2D eigenvalue weighted by atomic mass is 35.5. The molecular formula is C29H29ClN4O3S. The normalized spacial score (nSPS) is 14.5. The number of aromatic hydroxyl groups is 1. The molecule has 1 fully saturated rings. The number of para-hydroxylation sites is 1. The zero-order valence-electron chi connectivity index (χ0n) is 21.1. The summed E-state index contributed by atoms with van der Waals surface area (Å²) in [5.41, 5.74) is 4.61. The second kappa shape index (κ2) is 10.6. The van der Waals surface area contributed by atoms with Crippen molar-refractivity contribution in [1.29, 1.82) is 0 Å². The highest BCUT2D eigenvalue weighted by Gasteiger charge is 2.21. The van der Waals surface area contributed by atoms with Gasteiger partial charge in [-0.2, -0.15) is 0 Å². The number of aryl methyl sites for hydroxylation is 1. The van der Waals surface area contributed by atoms with Crippen LogP contribution in [-0.4, -0.2) is 54.5 Å². The number of nitrogens with one attached hydrogen (secondary N) is 1. The van der Waals surface area contributed by atoms with Crippen molar-refractivity contribution in [3.63, 3.8) is 0 Å². The number of fused-ring (bicyclic) bond motifs is 1. The lowest BCUT2D eigenvalue weighted by Gasteiger charge is -2.37. The van der Waals surface area contributed by atoms with E-state index < -0.39 is 10.0 Å². The van der Waals surface area contributed by atoms with Crippen LogP contribution in [-0.2, 0) is 16.6 Å². The van der Waals surface area contributed by atoms with Crippen LogP contribution in [0.3, 0.4) is 0 Å². The molecule has 38 heavy (non-hydrogen) atoms. The van der Waals surface area contributed by atoms with Crippen LogP contribution >= 0.6 is 11.6 Å². The van der Waals surface area contributed by atoms with E-state index in [1.807, 2.05) is 43.3 Å². The predicted octanol–water partition coefficient (Wildman–Crippen LogP) is 5.49. The van der Waals surface area contributed by atoms with Crippen LogP contribution in [0.15, 0.2) is 84.4 Å². The number of pyridine rings is 1. The summed E-state index contributed by atoms with van der Waals surface area (Å²) in [6.45, 7) is 10.3. The molecule has 2 heterocycles. The average molecular weight is 549 g/mol. The molecule has 3 aromatic carbocycles. The largest absolute Gasteiger partial charge is 0.506 e. The Bertz CT molecular complexity index is 1570. The van der Waals surface area contributed by atoms with Gasteiger partial charge in [0.05, 0.1) is 10.5 Å². The van der Waals surface area contributed by atoms with E-state index in [4.69, 9.17) is 11.6 Å². The van der Waals surface area contributed by atoms with Crippen molar-refractivity contribution < 1.29 is 13.5 Å². The number of phenols is 1. The van der Waals surface area contributed by atoms with E-state index in [1.54, 1.807) is 36.5 Å². The van der Waals surface area contributed by atoms with Crippen molar-refractivity contribution in [3.8, 4) is 5.75 Å². The molecule has 5 rings (SSSR count). The number of hydrogen-bond donors (Lipinski definition) is 2. The van der Waals surface area contributed by atoms with Crippen LogP contribution in [0.2, 0.25) is 5.02 Å². The molecule has 196 valence electrons. The molecule has 1 aliphatic rings. The third kappa shape index (κ3) is 5.48. The van der Waals surface area contributed by atoms with Crippen molar-refractivity contribution in [2.45, 2.75) is 18.4 Å². The van der Waals surface area contributed by atoms with Gasteiger partial charge in [0.25, 0.3) is 10.0 Å². The zero-order valence-corrected chi connectivity index (χ0v) is 22.6. The quantitative estimate of drug-likeness (QED) is 0.317. The van der Waals surface area contributed by atoms with E-state index in [2.05, 4.69) is 26.1 Å². The first kappa shape index (κ1) is 26.0. The predicted molar refractivity (Wildman–Crippen MR) is 153 cm³/mol. The fourth-order valence-electron chi connectivity index (χ4n) is 4.75. The molecule has 0 amide bonds. The first-order chi connectivity index (χ1) is 18.2. The summed E-state index contributed by atoms with van der Waals surface area (Å²) in [5.74, 6) is 0.140. The monoisotopic (exact) mass is 548 g/mol. The van der Waals surface area contributed by atoms with Gasteiger partial charge in [-0.3, -0.25) is 14.6 Å². The van der Waals surface area contributed by atoms with E-state index >= 15 is 0 Å². The van der Waals surface area contributed by atoms with E-state index in [0.29, 0.717) is 16.2 Å². The molecule has 1 aromatic heterocycles. The molecule has 0 radical (unpaired) electrons. The Morgan fingerprint density at radius 1 is 1.05 bits per heavy atom. The summed E-state index contributed by atoms with van der Waals surface area (Å²) in [6.07, 6.45) is 1.59. The summed E-state index contributed by atoms with van der Waals surface area (Å²) in [5, 5.41) is 11.1. The van der Waals surface area contributed by atoms with Crippen LogP contribution in [0.4, 0.5) is 5.69 Å². The first-order valence-corrected chi connectivity index (χ1v) is 14.2. The Hall–Kier alpha value is -3.59. The SMILES string of the molecule is C=C(c1ccc(NS(=O)(=O)c2cccc3cccnc23)cc1)N1CCN(Cc2cc(C)c(O)c(Cl)c2)CC1. The van der Waals surface area contributed by atoms with Crippen molar-refractivity contribution >= 4 is 43.9 Å². The lowest BCUT2D eigenvalue weighted by atomic mass is 10.1. The number of piperazine rings is 1. The Balaban J connectivity index is 1.21. The molecule has 0 atom stereocenters. The molecule has 2 N–H and O–H groups in total. The minimum absolute atomic E-state index is 0.140. The lowest BCUT2D eigenvalue weighted by Crippen LogP contribution is -2.44. The highest BCUT2D eigenvalue weighted by molar-refractivity contribution is 7.93. The first-order valence-electron chi connectivity index (χ1n) is 12.3. The summed E-state index contributed by atoms with van der Waals surface area (Å²) in [6, 6.07) is 19.8. The number of halogens is 1. The van der Waals surface area contributed by atoms with E-state index in [-0.39, 0.29) is 10.6 Å². The highest BCUT2D eigenvalue weighted by Crippen LogP contribution is 2.29. The lowest BCUT2D eigenvalue weighted by molar-refractivity contribution is 0.169. The van der Waals surface area contributed by atoms with Crippen LogP contribution in [0.5, 0.6) is 5.75 Å². The molecule has 0 spiro atoms. The molecule has 0 unspecified atom stereocenters. The Labute approximate surface area is 228 Å². The van der Waals surface area contributed by atoms with Crippen LogP contribution in [0, 0.1) is 6.92 Å². The van der Waals surface area contributed by atoms with Crippen LogP contribution in [0.25, 0.3) is 16.6 Å². The van der Waals surface area contributed by atoms with Gasteiger partial charge in [-0.05, 0) is 53.9 Å². The summed E-state index contributed by atoms with van der Waals surface area (Å²) < 4.78 is 28.9. The number of aromatic nitrogens is 1. The number of hydrogen-bond acceptors (Lipinski definition) is 6. The molecule has 0 bridgehead atoms. The van der Waals surface area contributed by atoms with Gasteiger partial charge in [-0.25, -0.2) is 8.42 Å². The number of sulfonamides is 1. The van der Waals surface area contributed by atoms with E-state index in [0.717, 1.165) is 60.5 Å². The van der Waals surface area contributed by atoms with Crippen molar-refractivity contribution in [3.05, 3.63) is 101 Å². The second-order valence-corrected chi connectivity index (χ2v) is 11.5. The number of nitrogens with zero attached hydrogens (tertiary/aromatic N) is 3. The molecular weight excluding hydrogens is 520 g/mol. The minimum Gasteiger partial charge on any atom is -0.506 e. The van der Waals surface area contributed by atoms with Crippen molar-refractivity contribution in [2.24, 2.45) is 0 Å². The van der Waals surface area contributed by atoms with Crippen LogP contribution < -0.4 is 4.72 Å². The number of anilines is 1. The molecule has 0 aliphatic carbocycles. The molecule has 7 nitrogen and oxygen atoms in total. The van der Waals surface area contributed by atoms with Gasteiger partial charge < -0.3 is 10.0 Å². The summed E-state index contributed by atoms with van der Waals surface area (Å²) in [4.78, 5) is 9.00. The zero-order chi connectivity index (χ0) is 26.9. The van der Waals surface area contributed by atoms with Crippen molar-refractivity contribution in [2.75, 3.05) is 30.9 Å². The van der Waals surface area contributed by atoms with Crippen LogP contribution in [0.1, 0.15) is 16.7 Å². The van der Waals surface area contributed by atoms with E-state index in [1.165, 1.54) is 0 Å². The van der Waals surface area contributed by atoms with E-state index in [9.17, 15) is 13.5 Å². The maximum absolute atomic E-state index is 13.1. The fraction of sp³-hybridized carbons (Fsp3) is 0.207. The van der Waals surface area contributed by atoms with Gasteiger partial charge >= 0.3 is 0 Å². The molecule has 0 saturated carbocycles. The maximum atomic E-state index is 13.1. The fourth-order valence-corrected chi connectivity index (χ4v) is 6.28.